The molecule has 1 amide bonds. The molecule has 0 aromatic rings. The molecular formula is C12H20N2O5S. The van der Waals surface area contributed by atoms with Crippen LogP contribution in [0.15, 0.2) is 0 Å². The molecule has 20 heavy (non-hydrogen) atoms. The third-order valence-electron chi connectivity index (χ3n) is 4.13. The van der Waals surface area contributed by atoms with Crippen molar-refractivity contribution in [1.82, 2.24) is 9.21 Å². The Morgan fingerprint density at radius 3 is 2.45 bits per heavy atom. The van der Waals surface area contributed by atoms with E-state index in [9.17, 15) is 23.1 Å². The van der Waals surface area contributed by atoms with Crippen molar-refractivity contribution in [3.8, 4) is 0 Å². The second-order valence-electron chi connectivity index (χ2n) is 5.70. The highest BCUT2D eigenvalue weighted by Gasteiger charge is 2.62. The summed E-state index contributed by atoms with van der Waals surface area (Å²) in [6.07, 6.45) is 1.22. The first-order valence-electron chi connectivity index (χ1n) is 6.58. The van der Waals surface area contributed by atoms with Gasteiger partial charge in [0.1, 0.15) is 11.6 Å². The minimum atomic E-state index is -3.46. The summed E-state index contributed by atoms with van der Waals surface area (Å²) in [5.74, 6) is -0.673. The highest BCUT2D eigenvalue weighted by Crippen LogP contribution is 2.41. The van der Waals surface area contributed by atoms with E-state index in [0.29, 0.717) is 19.4 Å². The number of amides is 1. The third-order valence-corrected chi connectivity index (χ3v) is 5.46. The Balaban J connectivity index is 2.25. The van der Waals surface area contributed by atoms with Gasteiger partial charge in [0.05, 0.1) is 18.9 Å². The van der Waals surface area contributed by atoms with E-state index in [1.807, 2.05) is 0 Å². The first kappa shape index (κ1) is 15.4. The van der Waals surface area contributed by atoms with Crippen LogP contribution < -0.4 is 0 Å². The zero-order chi connectivity index (χ0) is 15.3. The normalized spacial score (nSPS) is 30.4. The van der Waals surface area contributed by atoms with Gasteiger partial charge in [-0.2, -0.15) is 4.31 Å². The van der Waals surface area contributed by atoms with Crippen molar-refractivity contribution in [2.45, 2.75) is 44.4 Å². The van der Waals surface area contributed by atoms with Crippen LogP contribution in [0, 0.1) is 0 Å². The fraction of sp³-hybridized carbons (Fsp3) is 0.833. The SMILES string of the molecule is CC(=O)C([C@@H](C)O)N1C[C@@]2(CCCN2S(C)(=O)=O)C1=O. The number of sulfonamides is 1. The number of β-lactam (4-membered cyclic amide) rings is 1. The molecule has 0 saturated carbocycles. The van der Waals surface area contributed by atoms with Crippen LogP contribution >= 0.6 is 0 Å². The Kier molecular flexibility index (Phi) is 3.68. The molecule has 0 aromatic heterocycles. The van der Waals surface area contributed by atoms with E-state index < -0.39 is 27.7 Å². The van der Waals surface area contributed by atoms with Gasteiger partial charge in [0.2, 0.25) is 15.9 Å². The molecule has 0 radical (unpaired) electrons. The standard InChI is InChI=1S/C12H20N2O5S/c1-8(15)10(9(2)16)13-7-12(11(13)17)5-4-6-14(12)20(3,18)19/h8,10,15H,4-7H2,1-3H3/t8-,10?,12+/m1/s1. The number of aliphatic hydroxyl groups is 1. The molecule has 1 unspecified atom stereocenters. The van der Waals surface area contributed by atoms with Crippen LogP contribution in [0.25, 0.3) is 0 Å². The van der Waals surface area contributed by atoms with Crippen molar-refractivity contribution >= 4 is 21.7 Å². The van der Waals surface area contributed by atoms with Crippen molar-refractivity contribution in [2.75, 3.05) is 19.3 Å². The van der Waals surface area contributed by atoms with Gasteiger partial charge in [-0.05, 0) is 26.7 Å². The molecular weight excluding hydrogens is 284 g/mol. The maximum absolute atomic E-state index is 12.4. The van der Waals surface area contributed by atoms with Crippen LogP contribution in [0.1, 0.15) is 26.7 Å². The Labute approximate surface area is 118 Å². The highest BCUT2D eigenvalue weighted by atomic mass is 32.2. The van der Waals surface area contributed by atoms with E-state index in [1.54, 1.807) is 0 Å². The predicted molar refractivity (Wildman–Crippen MR) is 71.4 cm³/mol. The lowest BCUT2D eigenvalue weighted by Gasteiger charge is -2.53. The van der Waals surface area contributed by atoms with Crippen LogP contribution in [-0.4, -0.2) is 71.4 Å². The van der Waals surface area contributed by atoms with Gasteiger partial charge in [-0.25, -0.2) is 8.42 Å². The van der Waals surface area contributed by atoms with Crippen molar-refractivity contribution in [1.29, 1.82) is 0 Å². The Morgan fingerprint density at radius 1 is 1.45 bits per heavy atom. The summed E-state index contributed by atoms with van der Waals surface area (Å²) in [5.41, 5.74) is -1.03. The van der Waals surface area contributed by atoms with E-state index in [2.05, 4.69) is 0 Å². The van der Waals surface area contributed by atoms with Gasteiger partial charge < -0.3 is 10.0 Å². The van der Waals surface area contributed by atoms with Gasteiger partial charge in [-0.15, -0.1) is 0 Å². The molecule has 2 rings (SSSR count). The molecule has 2 saturated heterocycles. The molecule has 7 nitrogen and oxygen atoms in total. The number of likely N-dealkylation sites (tertiary alicyclic amines) is 1. The summed E-state index contributed by atoms with van der Waals surface area (Å²) in [7, 11) is -3.46. The predicted octanol–water partition coefficient (Wildman–Crippen LogP) is -1.04. The molecule has 8 heteroatoms. The lowest BCUT2D eigenvalue weighted by molar-refractivity contribution is -0.167. The lowest BCUT2D eigenvalue weighted by atomic mass is 9.84. The molecule has 2 heterocycles. The smallest absolute Gasteiger partial charge is 0.246 e. The largest absolute Gasteiger partial charge is 0.391 e. The molecule has 114 valence electrons. The summed E-state index contributed by atoms with van der Waals surface area (Å²) in [4.78, 5) is 25.3. The molecule has 1 spiro atoms. The monoisotopic (exact) mass is 304 g/mol. The molecule has 1 N–H and O–H groups in total. The molecule has 0 bridgehead atoms. The Morgan fingerprint density at radius 2 is 2.05 bits per heavy atom. The third kappa shape index (κ3) is 2.15. The number of rotatable bonds is 4. The molecule has 2 fully saturated rings. The van der Waals surface area contributed by atoms with E-state index >= 15 is 0 Å². The van der Waals surface area contributed by atoms with Crippen LogP contribution in [-0.2, 0) is 19.6 Å². The fourth-order valence-corrected chi connectivity index (χ4v) is 4.67. The second-order valence-corrected chi connectivity index (χ2v) is 7.61. The zero-order valence-corrected chi connectivity index (χ0v) is 12.7. The summed E-state index contributed by atoms with van der Waals surface area (Å²) in [6, 6.07) is -0.893. The number of hydrogen-bond acceptors (Lipinski definition) is 5. The number of Topliss-reactive ketones (excluding diaryl/α,β-unsaturated/α-hetero) is 1. The number of nitrogens with zero attached hydrogens (tertiary/aromatic N) is 2. The van der Waals surface area contributed by atoms with Gasteiger partial charge in [0, 0.05) is 6.54 Å². The maximum atomic E-state index is 12.4. The van der Waals surface area contributed by atoms with Crippen LogP contribution in [0.4, 0.5) is 0 Å². The van der Waals surface area contributed by atoms with E-state index in [0.717, 1.165) is 6.26 Å². The summed E-state index contributed by atoms with van der Waals surface area (Å²) in [6.45, 7) is 3.28. The number of aliphatic hydroxyl groups excluding tert-OH is 1. The summed E-state index contributed by atoms with van der Waals surface area (Å²) < 4.78 is 24.8. The molecule has 0 aliphatic carbocycles. The lowest BCUT2D eigenvalue weighted by Crippen LogP contribution is -2.76. The van der Waals surface area contributed by atoms with Crippen LogP contribution in [0.2, 0.25) is 0 Å². The summed E-state index contributed by atoms with van der Waals surface area (Å²) in [5, 5.41) is 9.65. The fourth-order valence-electron chi connectivity index (χ4n) is 3.35. The first-order valence-corrected chi connectivity index (χ1v) is 8.43. The summed E-state index contributed by atoms with van der Waals surface area (Å²) >= 11 is 0. The Bertz CT molecular complexity index is 544. The van der Waals surface area contributed by atoms with E-state index in [-0.39, 0.29) is 18.2 Å². The van der Waals surface area contributed by atoms with Gasteiger partial charge in [-0.1, -0.05) is 0 Å². The zero-order valence-electron chi connectivity index (χ0n) is 11.9. The first-order chi connectivity index (χ1) is 9.11. The number of hydrogen-bond donors (Lipinski definition) is 1. The minimum Gasteiger partial charge on any atom is -0.391 e. The molecule has 0 aromatic carbocycles. The van der Waals surface area contributed by atoms with Crippen LogP contribution in [0.5, 0.6) is 0 Å². The van der Waals surface area contributed by atoms with Crippen molar-refractivity contribution in [3.63, 3.8) is 0 Å². The van der Waals surface area contributed by atoms with Crippen molar-refractivity contribution in [3.05, 3.63) is 0 Å². The van der Waals surface area contributed by atoms with Gasteiger partial charge >= 0.3 is 0 Å². The number of ketones is 1. The van der Waals surface area contributed by atoms with Crippen molar-refractivity contribution in [2.24, 2.45) is 0 Å². The average Bonchev–Trinajstić information content (AvgIpc) is 2.73. The van der Waals surface area contributed by atoms with Gasteiger partial charge in [-0.3, -0.25) is 9.59 Å². The maximum Gasteiger partial charge on any atom is 0.246 e. The van der Waals surface area contributed by atoms with Crippen molar-refractivity contribution < 1.29 is 23.1 Å². The second kappa shape index (κ2) is 4.78. The van der Waals surface area contributed by atoms with Gasteiger partial charge in [0.25, 0.3) is 0 Å². The number of carbonyl (C=O) groups is 2. The molecule has 2 aliphatic heterocycles. The average molecular weight is 304 g/mol. The van der Waals surface area contributed by atoms with E-state index in [1.165, 1.54) is 23.1 Å². The molecule has 3 atom stereocenters. The minimum absolute atomic E-state index is 0.175. The topological polar surface area (TPSA) is 95.0 Å². The van der Waals surface area contributed by atoms with E-state index in [4.69, 9.17) is 0 Å². The quantitative estimate of drug-likeness (QED) is 0.670. The number of carbonyl (C=O) groups excluding carboxylic acids is 2. The Hall–Kier alpha value is -0.990. The van der Waals surface area contributed by atoms with Gasteiger partial charge in [0.15, 0.2) is 5.78 Å². The molecule has 2 aliphatic rings. The highest BCUT2D eigenvalue weighted by molar-refractivity contribution is 7.88. The van der Waals surface area contributed by atoms with Crippen LogP contribution in [0.3, 0.4) is 0 Å².